The van der Waals surface area contributed by atoms with E-state index in [1.165, 1.54) is 50.3 Å². The van der Waals surface area contributed by atoms with Crippen molar-refractivity contribution in [3.8, 4) is 0 Å². The first-order chi connectivity index (χ1) is 18.7. The van der Waals surface area contributed by atoms with E-state index in [1.54, 1.807) is 12.1 Å². The SMILES string of the molecule is CCCCCc1cc(C(=O)NS(=O)(=O)c2ccc(CCNC(=O)CCC3CCCCC3)cc2)cnc1C(=O)O. The van der Waals surface area contributed by atoms with Gasteiger partial charge in [-0.05, 0) is 60.9 Å². The number of benzene rings is 1. The number of hydrogen-bond acceptors (Lipinski definition) is 6. The maximum Gasteiger partial charge on any atom is 0.354 e. The predicted molar refractivity (Wildman–Crippen MR) is 148 cm³/mol. The number of carboxylic acid groups (broad SMARTS) is 1. The molecule has 1 aromatic heterocycles. The Morgan fingerprint density at radius 3 is 2.41 bits per heavy atom. The molecule has 0 spiro atoms. The Bertz CT molecular complexity index is 1240. The van der Waals surface area contributed by atoms with Gasteiger partial charge in [0.05, 0.1) is 10.5 Å². The van der Waals surface area contributed by atoms with E-state index in [9.17, 15) is 27.9 Å². The number of carbonyl (C=O) groups excluding carboxylic acids is 2. The molecule has 2 aromatic rings. The Morgan fingerprint density at radius 2 is 1.74 bits per heavy atom. The van der Waals surface area contributed by atoms with E-state index in [1.807, 2.05) is 11.6 Å². The molecular formula is C29H39N3O6S. The second-order valence-electron chi connectivity index (χ2n) is 10.2. The lowest BCUT2D eigenvalue weighted by molar-refractivity contribution is -0.121. The third-order valence-corrected chi connectivity index (χ3v) is 8.53. The number of nitrogens with one attached hydrogen (secondary N) is 2. The van der Waals surface area contributed by atoms with Gasteiger partial charge in [0.15, 0.2) is 5.69 Å². The molecular weight excluding hydrogens is 518 g/mol. The van der Waals surface area contributed by atoms with Crippen LogP contribution >= 0.6 is 0 Å². The third-order valence-electron chi connectivity index (χ3n) is 7.18. The van der Waals surface area contributed by atoms with E-state index in [2.05, 4.69) is 10.3 Å². The lowest BCUT2D eigenvalue weighted by Crippen LogP contribution is -2.31. The number of hydrogen-bond donors (Lipinski definition) is 3. The van der Waals surface area contributed by atoms with Crippen LogP contribution in [-0.4, -0.2) is 42.8 Å². The van der Waals surface area contributed by atoms with Gasteiger partial charge in [0.2, 0.25) is 5.91 Å². The molecule has 9 nitrogen and oxygen atoms in total. The van der Waals surface area contributed by atoms with Gasteiger partial charge in [0, 0.05) is 19.2 Å². The first-order valence-corrected chi connectivity index (χ1v) is 15.3. The van der Waals surface area contributed by atoms with Gasteiger partial charge in [-0.3, -0.25) is 9.59 Å². The zero-order valence-electron chi connectivity index (χ0n) is 22.6. The van der Waals surface area contributed by atoms with Crippen LogP contribution in [0.15, 0.2) is 41.4 Å². The highest BCUT2D eigenvalue weighted by molar-refractivity contribution is 7.90. The van der Waals surface area contributed by atoms with E-state index >= 15 is 0 Å². The van der Waals surface area contributed by atoms with Gasteiger partial charge < -0.3 is 10.4 Å². The van der Waals surface area contributed by atoms with E-state index in [0.717, 1.165) is 37.4 Å². The van der Waals surface area contributed by atoms with Gasteiger partial charge in [-0.2, -0.15) is 0 Å². The number of aromatic nitrogens is 1. The minimum Gasteiger partial charge on any atom is -0.477 e. The van der Waals surface area contributed by atoms with Gasteiger partial charge >= 0.3 is 5.97 Å². The van der Waals surface area contributed by atoms with Crippen LogP contribution in [0.1, 0.15) is 103 Å². The van der Waals surface area contributed by atoms with Crippen LogP contribution in [0.2, 0.25) is 0 Å². The molecule has 0 radical (unpaired) electrons. The molecule has 0 saturated heterocycles. The summed E-state index contributed by atoms with van der Waals surface area (Å²) in [5.41, 5.74) is 1.09. The normalized spacial score (nSPS) is 14.1. The molecule has 1 saturated carbocycles. The van der Waals surface area contributed by atoms with Crippen LogP contribution < -0.4 is 10.0 Å². The van der Waals surface area contributed by atoms with Gasteiger partial charge in [-0.1, -0.05) is 64.0 Å². The van der Waals surface area contributed by atoms with Gasteiger partial charge in [-0.25, -0.2) is 22.9 Å². The minimum absolute atomic E-state index is 0.0223. The molecule has 39 heavy (non-hydrogen) atoms. The molecule has 1 fully saturated rings. The lowest BCUT2D eigenvalue weighted by Gasteiger charge is -2.20. The van der Waals surface area contributed by atoms with Crippen molar-refractivity contribution in [3.63, 3.8) is 0 Å². The number of carboxylic acids is 1. The fraction of sp³-hybridized carbons (Fsp3) is 0.517. The number of aryl methyl sites for hydroxylation is 1. The van der Waals surface area contributed by atoms with Crippen molar-refractivity contribution in [2.75, 3.05) is 6.54 Å². The Labute approximate surface area is 230 Å². The van der Waals surface area contributed by atoms with Crippen LogP contribution in [0.25, 0.3) is 0 Å². The summed E-state index contributed by atoms with van der Waals surface area (Å²) in [5.74, 6) is -1.37. The average Bonchev–Trinajstić information content (AvgIpc) is 2.92. The number of pyridine rings is 1. The third kappa shape index (κ3) is 9.45. The van der Waals surface area contributed by atoms with Crippen LogP contribution in [0.4, 0.5) is 0 Å². The molecule has 10 heteroatoms. The molecule has 1 heterocycles. The van der Waals surface area contributed by atoms with Crippen LogP contribution in [0, 0.1) is 5.92 Å². The second-order valence-corrected chi connectivity index (χ2v) is 11.9. The van der Waals surface area contributed by atoms with Crippen molar-refractivity contribution >= 4 is 27.8 Å². The quantitative estimate of drug-likeness (QED) is 0.287. The highest BCUT2D eigenvalue weighted by Crippen LogP contribution is 2.27. The molecule has 3 N–H and O–H groups in total. The molecule has 0 unspecified atom stereocenters. The number of amides is 2. The number of nitrogens with zero attached hydrogens (tertiary/aromatic N) is 1. The van der Waals surface area contributed by atoms with E-state index in [-0.39, 0.29) is 22.1 Å². The highest BCUT2D eigenvalue weighted by atomic mass is 32.2. The molecule has 2 amide bonds. The van der Waals surface area contributed by atoms with E-state index in [0.29, 0.717) is 37.3 Å². The molecule has 1 aromatic carbocycles. The number of carbonyl (C=O) groups is 3. The van der Waals surface area contributed by atoms with Crippen LogP contribution in [-0.2, 0) is 27.7 Å². The number of sulfonamides is 1. The second kappa shape index (κ2) is 14.8. The first-order valence-electron chi connectivity index (χ1n) is 13.8. The number of rotatable bonds is 14. The maximum absolute atomic E-state index is 12.8. The van der Waals surface area contributed by atoms with Crippen molar-refractivity contribution < 1.29 is 27.9 Å². The monoisotopic (exact) mass is 557 g/mol. The Balaban J connectivity index is 1.52. The van der Waals surface area contributed by atoms with E-state index in [4.69, 9.17) is 0 Å². The molecule has 0 atom stereocenters. The minimum atomic E-state index is -4.15. The van der Waals surface area contributed by atoms with Crippen molar-refractivity contribution in [2.45, 2.75) is 88.9 Å². The van der Waals surface area contributed by atoms with Crippen molar-refractivity contribution in [3.05, 3.63) is 58.9 Å². The maximum atomic E-state index is 12.8. The smallest absolute Gasteiger partial charge is 0.354 e. The molecule has 212 valence electrons. The van der Waals surface area contributed by atoms with Crippen molar-refractivity contribution in [2.24, 2.45) is 5.92 Å². The summed E-state index contributed by atoms with van der Waals surface area (Å²) in [4.78, 5) is 40.2. The Hall–Kier alpha value is -3.27. The highest BCUT2D eigenvalue weighted by Gasteiger charge is 2.21. The van der Waals surface area contributed by atoms with Crippen LogP contribution in [0.5, 0.6) is 0 Å². The van der Waals surface area contributed by atoms with Crippen molar-refractivity contribution in [1.29, 1.82) is 0 Å². The lowest BCUT2D eigenvalue weighted by atomic mass is 9.86. The number of aromatic carboxylic acids is 1. The first kappa shape index (κ1) is 30.3. The summed E-state index contributed by atoms with van der Waals surface area (Å²) < 4.78 is 27.6. The van der Waals surface area contributed by atoms with Crippen LogP contribution in [0.3, 0.4) is 0 Å². The largest absolute Gasteiger partial charge is 0.477 e. The number of unbranched alkanes of at least 4 members (excludes halogenated alkanes) is 2. The molecule has 0 aliphatic heterocycles. The zero-order chi connectivity index (χ0) is 28.3. The zero-order valence-corrected chi connectivity index (χ0v) is 23.4. The van der Waals surface area contributed by atoms with Gasteiger partial charge in [0.25, 0.3) is 15.9 Å². The average molecular weight is 558 g/mol. The van der Waals surface area contributed by atoms with E-state index < -0.39 is 21.9 Å². The fourth-order valence-electron chi connectivity index (χ4n) is 4.90. The molecule has 1 aliphatic carbocycles. The van der Waals surface area contributed by atoms with Gasteiger partial charge in [0.1, 0.15) is 0 Å². The molecule has 0 bridgehead atoms. The Morgan fingerprint density at radius 1 is 1.03 bits per heavy atom. The molecule has 1 aliphatic rings. The van der Waals surface area contributed by atoms with Gasteiger partial charge in [-0.15, -0.1) is 0 Å². The summed E-state index contributed by atoms with van der Waals surface area (Å²) in [6.07, 6.45) is 12.4. The standard InChI is InChI=1S/C29H39N3O6S/c1-2-3-5-10-23-19-24(20-31-27(23)29(35)36)28(34)32-39(37,38)25-14-11-22(12-15-25)17-18-30-26(33)16-13-21-8-6-4-7-9-21/h11-12,14-15,19-21H,2-10,13,16-18H2,1H3,(H,30,33)(H,32,34)(H,35,36). The topological polar surface area (TPSA) is 143 Å². The Kier molecular flexibility index (Phi) is 11.5. The fourth-order valence-corrected chi connectivity index (χ4v) is 5.88. The summed E-state index contributed by atoms with van der Waals surface area (Å²) in [6, 6.07) is 7.53. The summed E-state index contributed by atoms with van der Waals surface area (Å²) >= 11 is 0. The summed E-state index contributed by atoms with van der Waals surface area (Å²) in [7, 11) is -4.15. The summed E-state index contributed by atoms with van der Waals surface area (Å²) in [6.45, 7) is 2.49. The summed E-state index contributed by atoms with van der Waals surface area (Å²) in [5, 5.41) is 12.3. The van der Waals surface area contributed by atoms with Crippen molar-refractivity contribution in [1.82, 2.24) is 15.0 Å². The predicted octanol–water partition coefficient (Wildman–Crippen LogP) is 4.65. The molecule has 3 rings (SSSR count).